The minimum absolute atomic E-state index is 0.587. The Kier molecular flexibility index (Phi) is 2.71. The number of piperidine rings is 1. The first-order valence-electron chi connectivity index (χ1n) is 6.36. The maximum atomic E-state index is 5.56. The molecule has 4 unspecified atom stereocenters. The Labute approximate surface area is 92.2 Å². The van der Waals surface area contributed by atoms with E-state index in [1.165, 1.54) is 32.4 Å². The molecule has 0 aromatic carbocycles. The highest BCUT2D eigenvalue weighted by Gasteiger charge is 2.40. The van der Waals surface area contributed by atoms with Crippen molar-refractivity contribution in [2.45, 2.75) is 31.3 Å². The first-order chi connectivity index (χ1) is 7.36. The summed E-state index contributed by atoms with van der Waals surface area (Å²) in [6, 6.07) is 1.50. The summed E-state index contributed by atoms with van der Waals surface area (Å²) in [6.07, 6.45) is 4.40. The van der Waals surface area contributed by atoms with E-state index in [2.05, 4.69) is 17.3 Å². The van der Waals surface area contributed by atoms with Crippen molar-refractivity contribution in [1.82, 2.24) is 10.2 Å². The lowest BCUT2D eigenvalue weighted by atomic mass is 10.0. The van der Waals surface area contributed by atoms with Crippen LogP contribution in [-0.4, -0.2) is 50.3 Å². The summed E-state index contributed by atoms with van der Waals surface area (Å²) in [6.45, 7) is 4.48. The maximum absolute atomic E-state index is 5.56. The number of nitrogens with zero attached hydrogens (tertiary/aromatic N) is 1. The number of ether oxygens (including phenoxy) is 1. The SMILES string of the molecule is CNC1COCC1CN1CC2CCC1C2. The highest BCUT2D eigenvalue weighted by atomic mass is 16.5. The van der Waals surface area contributed by atoms with Gasteiger partial charge in [-0.3, -0.25) is 4.90 Å². The van der Waals surface area contributed by atoms with Gasteiger partial charge in [-0.2, -0.15) is 0 Å². The average Bonchev–Trinajstić information content (AvgIpc) is 2.92. The van der Waals surface area contributed by atoms with Crippen molar-refractivity contribution >= 4 is 0 Å². The monoisotopic (exact) mass is 210 g/mol. The summed E-state index contributed by atoms with van der Waals surface area (Å²) in [5.41, 5.74) is 0. The van der Waals surface area contributed by atoms with Crippen molar-refractivity contribution in [2.24, 2.45) is 11.8 Å². The van der Waals surface area contributed by atoms with Gasteiger partial charge in [-0.05, 0) is 32.2 Å². The lowest BCUT2D eigenvalue weighted by Crippen LogP contribution is -2.42. The molecule has 0 spiro atoms. The number of likely N-dealkylation sites (N-methyl/N-ethyl adjacent to an activating group) is 1. The molecular weight excluding hydrogens is 188 g/mol. The fraction of sp³-hybridized carbons (Fsp3) is 1.00. The van der Waals surface area contributed by atoms with Gasteiger partial charge in [0.05, 0.1) is 13.2 Å². The molecule has 2 heterocycles. The molecule has 1 aliphatic carbocycles. The summed E-state index contributed by atoms with van der Waals surface area (Å²) in [5.74, 6) is 1.74. The van der Waals surface area contributed by atoms with Crippen LogP contribution in [0.5, 0.6) is 0 Å². The average molecular weight is 210 g/mol. The molecule has 3 rings (SSSR count). The summed E-state index contributed by atoms with van der Waals surface area (Å²) in [4.78, 5) is 2.72. The second-order valence-corrected chi connectivity index (χ2v) is 5.48. The molecule has 0 amide bonds. The quantitative estimate of drug-likeness (QED) is 0.742. The van der Waals surface area contributed by atoms with Gasteiger partial charge >= 0.3 is 0 Å². The van der Waals surface area contributed by atoms with E-state index in [9.17, 15) is 0 Å². The zero-order valence-electron chi connectivity index (χ0n) is 9.61. The summed E-state index contributed by atoms with van der Waals surface area (Å²) < 4.78 is 5.56. The number of hydrogen-bond donors (Lipinski definition) is 1. The van der Waals surface area contributed by atoms with Crippen LogP contribution < -0.4 is 5.32 Å². The Bertz CT molecular complexity index is 230. The third-order valence-electron chi connectivity index (χ3n) is 4.56. The largest absolute Gasteiger partial charge is 0.379 e. The number of hydrogen-bond acceptors (Lipinski definition) is 3. The lowest BCUT2D eigenvalue weighted by molar-refractivity contribution is 0.150. The van der Waals surface area contributed by atoms with Gasteiger partial charge in [0.25, 0.3) is 0 Å². The molecule has 2 bridgehead atoms. The van der Waals surface area contributed by atoms with Crippen molar-refractivity contribution in [1.29, 1.82) is 0 Å². The van der Waals surface area contributed by atoms with Gasteiger partial charge < -0.3 is 10.1 Å². The minimum atomic E-state index is 0.587. The fourth-order valence-electron chi connectivity index (χ4n) is 3.65. The van der Waals surface area contributed by atoms with Crippen LogP contribution in [0.2, 0.25) is 0 Å². The van der Waals surface area contributed by atoms with Crippen LogP contribution in [0.4, 0.5) is 0 Å². The molecule has 4 atom stereocenters. The van der Waals surface area contributed by atoms with E-state index < -0.39 is 0 Å². The molecule has 1 N–H and O–H groups in total. The van der Waals surface area contributed by atoms with Crippen LogP contribution >= 0.6 is 0 Å². The highest BCUT2D eigenvalue weighted by molar-refractivity contribution is 4.94. The van der Waals surface area contributed by atoms with E-state index in [1.807, 2.05) is 0 Å². The van der Waals surface area contributed by atoms with E-state index in [1.54, 1.807) is 0 Å². The Balaban J connectivity index is 1.56. The predicted molar refractivity (Wildman–Crippen MR) is 59.9 cm³/mol. The Morgan fingerprint density at radius 2 is 2.27 bits per heavy atom. The molecule has 0 aromatic rings. The van der Waals surface area contributed by atoms with Gasteiger partial charge in [-0.25, -0.2) is 0 Å². The Morgan fingerprint density at radius 1 is 1.33 bits per heavy atom. The number of nitrogens with one attached hydrogen (secondary N) is 1. The van der Waals surface area contributed by atoms with Crippen LogP contribution in [0.3, 0.4) is 0 Å². The molecule has 15 heavy (non-hydrogen) atoms. The van der Waals surface area contributed by atoms with Crippen LogP contribution in [0.25, 0.3) is 0 Å². The highest BCUT2D eigenvalue weighted by Crippen LogP contribution is 2.38. The molecule has 0 aromatic heterocycles. The van der Waals surface area contributed by atoms with Crippen molar-refractivity contribution in [2.75, 3.05) is 33.4 Å². The van der Waals surface area contributed by atoms with E-state index in [0.717, 1.165) is 25.2 Å². The van der Waals surface area contributed by atoms with Crippen LogP contribution in [0.15, 0.2) is 0 Å². The molecule has 2 saturated heterocycles. The van der Waals surface area contributed by atoms with Gasteiger partial charge in [0.15, 0.2) is 0 Å². The van der Waals surface area contributed by atoms with Crippen LogP contribution in [-0.2, 0) is 4.74 Å². The molecule has 0 radical (unpaired) electrons. The Hall–Kier alpha value is -0.120. The molecule has 3 heteroatoms. The van der Waals surface area contributed by atoms with Gasteiger partial charge in [0.1, 0.15) is 0 Å². The second-order valence-electron chi connectivity index (χ2n) is 5.48. The first kappa shape index (κ1) is 10.1. The number of rotatable bonds is 3. The number of likely N-dealkylation sites (tertiary alicyclic amines) is 1. The standard InChI is InChI=1S/C12H22N2O/c1-13-12-8-15-7-10(12)6-14-5-9-2-3-11(14)4-9/h9-13H,2-8H2,1H3. The zero-order valence-corrected chi connectivity index (χ0v) is 9.61. The van der Waals surface area contributed by atoms with Crippen molar-refractivity contribution in [3.05, 3.63) is 0 Å². The van der Waals surface area contributed by atoms with Crippen LogP contribution in [0.1, 0.15) is 19.3 Å². The lowest BCUT2D eigenvalue weighted by Gasteiger charge is -2.30. The molecule has 3 fully saturated rings. The van der Waals surface area contributed by atoms with Crippen molar-refractivity contribution in [3.63, 3.8) is 0 Å². The summed E-state index contributed by atoms with van der Waals surface area (Å²) in [5, 5.41) is 3.38. The smallest absolute Gasteiger partial charge is 0.0623 e. The topological polar surface area (TPSA) is 24.5 Å². The molecule has 1 saturated carbocycles. The molecule has 3 aliphatic rings. The third-order valence-corrected chi connectivity index (χ3v) is 4.56. The van der Waals surface area contributed by atoms with Gasteiger partial charge in [-0.15, -0.1) is 0 Å². The molecule has 86 valence electrons. The molecular formula is C12H22N2O. The van der Waals surface area contributed by atoms with E-state index >= 15 is 0 Å². The van der Waals surface area contributed by atoms with Gasteiger partial charge in [0.2, 0.25) is 0 Å². The molecule has 2 aliphatic heterocycles. The van der Waals surface area contributed by atoms with Gasteiger partial charge in [-0.1, -0.05) is 0 Å². The fourth-order valence-corrected chi connectivity index (χ4v) is 3.65. The zero-order chi connectivity index (χ0) is 10.3. The molecule has 3 nitrogen and oxygen atoms in total. The summed E-state index contributed by atoms with van der Waals surface area (Å²) >= 11 is 0. The second kappa shape index (κ2) is 4.04. The maximum Gasteiger partial charge on any atom is 0.0623 e. The number of fused-ring (bicyclic) bond motifs is 2. The van der Waals surface area contributed by atoms with E-state index in [0.29, 0.717) is 12.0 Å². The minimum Gasteiger partial charge on any atom is -0.379 e. The van der Waals surface area contributed by atoms with Crippen LogP contribution in [0, 0.1) is 11.8 Å². The van der Waals surface area contributed by atoms with Gasteiger partial charge in [0, 0.05) is 31.1 Å². The summed E-state index contributed by atoms with van der Waals surface area (Å²) in [7, 11) is 2.06. The van der Waals surface area contributed by atoms with E-state index in [-0.39, 0.29) is 0 Å². The normalized spacial score (nSPS) is 45.4. The van der Waals surface area contributed by atoms with E-state index in [4.69, 9.17) is 4.74 Å². The van der Waals surface area contributed by atoms with Crippen molar-refractivity contribution in [3.8, 4) is 0 Å². The first-order valence-corrected chi connectivity index (χ1v) is 6.36. The Morgan fingerprint density at radius 3 is 2.93 bits per heavy atom. The third kappa shape index (κ3) is 1.81. The van der Waals surface area contributed by atoms with Crippen molar-refractivity contribution < 1.29 is 4.74 Å². The predicted octanol–water partition coefficient (Wildman–Crippen LogP) is 0.705.